The zero-order valence-corrected chi connectivity index (χ0v) is 14.9. The largest absolute Gasteiger partial charge is 0.508 e. The Hall–Kier alpha value is -1.53. The van der Waals surface area contributed by atoms with Crippen LogP contribution in [0, 0.1) is 0 Å². The van der Waals surface area contributed by atoms with Crippen LogP contribution in [0.15, 0.2) is 45.3 Å². The highest BCUT2D eigenvalue weighted by atomic mass is 79.9. The van der Waals surface area contributed by atoms with Crippen LogP contribution in [0.1, 0.15) is 24.0 Å². The van der Waals surface area contributed by atoms with Gasteiger partial charge >= 0.3 is 5.97 Å². The molecular weight excluding hydrogens is 416 g/mol. The SMILES string of the molecule is CCOC(=O)C(c1cc(Br)ccc1O)c1cc(Br)ccc1O. The lowest BCUT2D eigenvalue weighted by Crippen LogP contribution is -2.17. The molecule has 0 unspecified atom stereocenters. The van der Waals surface area contributed by atoms with Gasteiger partial charge in [0.15, 0.2) is 0 Å². The first kappa shape index (κ1) is 16.8. The third kappa shape index (κ3) is 3.62. The van der Waals surface area contributed by atoms with E-state index in [0.29, 0.717) is 20.1 Å². The van der Waals surface area contributed by atoms with Crippen LogP contribution >= 0.6 is 31.9 Å². The van der Waals surface area contributed by atoms with Gasteiger partial charge in [0.25, 0.3) is 0 Å². The average Bonchev–Trinajstić information content (AvgIpc) is 2.47. The normalized spacial score (nSPS) is 10.7. The van der Waals surface area contributed by atoms with Crippen molar-refractivity contribution in [3.8, 4) is 11.5 Å². The van der Waals surface area contributed by atoms with Gasteiger partial charge < -0.3 is 14.9 Å². The van der Waals surface area contributed by atoms with Gasteiger partial charge in [0.1, 0.15) is 17.4 Å². The Labute approximate surface area is 145 Å². The molecule has 0 aliphatic rings. The highest BCUT2D eigenvalue weighted by Crippen LogP contribution is 2.39. The molecule has 4 nitrogen and oxygen atoms in total. The number of carbonyl (C=O) groups excluding carboxylic acids is 1. The Morgan fingerprint density at radius 2 is 1.50 bits per heavy atom. The first-order valence-corrected chi connectivity index (χ1v) is 8.16. The predicted octanol–water partition coefficient (Wildman–Crippen LogP) is 4.32. The summed E-state index contributed by atoms with van der Waals surface area (Å²) in [6, 6.07) is 9.58. The molecule has 0 fully saturated rings. The minimum atomic E-state index is -0.921. The molecule has 116 valence electrons. The molecule has 0 atom stereocenters. The molecule has 0 aliphatic carbocycles. The maximum Gasteiger partial charge on any atom is 0.318 e. The Morgan fingerprint density at radius 3 is 1.91 bits per heavy atom. The van der Waals surface area contributed by atoms with Crippen LogP contribution in [0.5, 0.6) is 11.5 Å². The van der Waals surface area contributed by atoms with E-state index < -0.39 is 11.9 Å². The van der Waals surface area contributed by atoms with Gasteiger partial charge in [0.2, 0.25) is 0 Å². The summed E-state index contributed by atoms with van der Waals surface area (Å²) < 4.78 is 6.54. The molecule has 2 aromatic rings. The Kier molecular flexibility index (Phi) is 5.47. The second-order valence-corrected chi connectivity index (χ2v) is 6.42. The Morgan fingerprint density at radius 1 is 1.05 bits per heavy atom. The van der Waals surface area contributed by atoms with Gasteiger partial charge in [-0.2, -0.15) is 0 Å². The van der Waals surface area contributed by atoms with Crippen molar-refractivity contribution in [3.63, 3.8) is 0 Å². The molecular formula is C16H14Br2O4. The summed E-state index contributed by atoms with van der Waals surface area (Å²) in [5.41, 5.74) is 0.724. The van der Waals surface area contributed by atoms with E-state index in [-0.39, 0.29) is 18.1 Å². The number of phenols is 2. The van der Waals surface area contributed by atoms with Gasteiger partial charge in [-0.05, 0) is 43.3 Å². The summed E-state index contributed by atoms with van der Waals surface area (Å²) >= 11 is 6.65. The van der Waals surface area contributed by atoms with E-state index in [9.17, 15) is 15.0 Å². The van der Waals surface area contributed by atoms with Crippen LogP contribution < -0.4 is 0 Å². The zero-order chi connectivity index (χ0) is 16.3. The van der Waals surface area contributed by atoms with Gasteiger partial charge in [0, 0.05) is 20.1 Å². The molecule has 0 heterocycles. The van der Waals surface area contributed by atoms with Crippen LogP contribution in [0.3, 0.4) is 0 Å². The standard InChI is InChI=1S/C16H14Br2O4/c1-2-22-16(21)15(11-7-9(17)3-5-13(11)19)12-8-10(18)4-6-14(12)20/h3-8,15,19-20H,2H2,1H3. The van der Waals surface area contributed by atoms with Gasteiger partial charge in [-0.3, -0.25) is 4.79 Å². The molecule has 0 spiro atoms. The molecule has 2 aromatic carbocycles. The second kappa shape index (κ2) is 7.15. The molecule has 2 N–H and O–H groups in total. The summed E-state index contributed by atoms with van der Waals surface area (Å²) in [4.78, 5) is 12.4. The van der Waals surface area contributed by atoms with Crippen molar-refractivity contribution in [2.24, 2.45) is 0 Å². The molecule has 0 radical (unpaired) electrons. The van der Waals surface area contributed by atoms with Crippen molar-refractivity contribution in [2.45, 2.75) is 12.8 Å². The van der Waals surface area contributed by atoms with Gasteiger partial charge in [0.05, 0.1) is 6.61 Å². The molecule has 0 aromatic heterocycles. The fourth-order valence-electron chi connectivity index (χ4n) is 2.16. The lowest BCUT2D eigenvalue weighted by Gasteiger charge is -2.19. The number of benzene rings is 2. The van der Waals surface area contributed by atoms with Crippen LogP contribution in [-0.2, 0) is 9.53 Å². The number of hydrogen-bond acceptors (Lipinski definition) is 4. The van der Waals surface area contributed by atoms with Gasteiger partial charge in [-0.15, -0.1) is 0 Å². The summed E-state index contributed by atoms with van der Waals surface area (Å²) in [7, 11) is 0. The van der Waals surface area contributed by atoms with Crippen LogP contribution in [0.4, 0.5) is 0 Å². The number of carbonyl (C=O) groups is 1. The van der Waals surface area contributed by atoms with E-state index in [2.05, 4.69) is 31.9 Å². The highest BCUT2D eigenvalue weighted by Gasteiger charge is 2.29. The molecule has 22 heavy (non-hydrogen) atoms. The lowest BCUT2D eigenvalue weighted by atomic mass is 9.90. The van der Waals surface area contributed by atoms with E-state index >= 15 is 0 Å². The van der Waals surface area contributed by atoms with Crippen molar-refractivity contribution < 1.29 is 19.7 Å². The van der Waals surface area contributed by atoms with Crippen LogP contribution in [0.2, 0.25) is 0 Å². The minimum absolute atomic E-state index is 0.0411. The molecule has 0 amide bonds. The Bertz CT molecular complexity index is 649. The van der Waals surface area contributed by atoms with Crippen LogP contribution in [-0.4, -0.2) is 22.8 Å². The van der Waals surface area contributed by atoms with E-state index in [0.717, 1.165) is 0 Å². The lowest BCUT2D eigenvalue weighted by molar-refractivity contribution is -0.143. The molecule has 0 aliphatic heterocycles. The third-order valence-electron chi connectivity index (χ3n) is 3.12. The number of aromatic hydroxyl groups is 2. The fourth-order valence-corrected chi connectivity index (χ4v) is 2.92. The second-order valence-electron chi connectivity index (χ2n) is 4.59. The number of hydrogen-bond donors (Lipinski definition) is 2. The number of halogens is 2. The van der Waals surface area contributed by atoms with E-state index in [4.69, 9.17) is 4.74 Å². The van der Waals surface area contributed by atoms with Gasteiger partial charge in [-0.25, -0.2) is 0 Å². The van der Waals surface area contributed by atoms with E-state index in [1.165, 1.54) is 12.1 Å². The van der Waals surface area contributed by atoms with Crippen LogP contribution in [0.25, 0.3) is 0 Å². The number of esters is 1. The summed E-state index contributed by atoms with van der Waals surface area (Å²) in [5, 5.41) is 20.2. The van der Waals surface area contributed by atoms with Gasteiger partial charge in [-0.1, -0.05) is 31.9 Å². The molecule has 0 saturated heterocycles. The average molecular weight is 430 g/mol. The number of rotatable bonds is 4. The first-order chi connectivity index (χ1) is 10.4. The molecule has 0 saturated carbocycles. The van der Waals surface area contributed by atoms with Crippen molar-refractivity contribution in [1.29, 1.82) is 0 Å². The van der Waals surface area contributed by atoms with E-state index in [1.54, 1.807) is 31.2 Å². The maximum absolute atomic E-state index is 12.4. The fraction of sp³-hybridized carbons (Fsp3) is 0.188. The third-order valence-corrected chi connectivity index (χ3v) is 4.11. The number of ether oxygens (including phenoxy) is 1. The van der Waals surface area contributed by atoms with Crippen molar-refractivity contribution in [3.05, 3.63) is 56.5 Å². The predicted molar refractivity (Wildman–Crippen MR) is 90.1 cm³/mol. The zero-order valence-electron chi connectivity index (χ0n) is 11.7. The monoisotopic (exact) mass is 428 g/mol. The van der Waals surface area contributed by atoms with Crippen molar-refractivity contribution >= 4 is 37.8 Å². The quantitative estimate of drug-likeness (QED) is 0.710. The highest BCUT2D eigenvalue weighted by molar-refractivity contribution is 9.10. The molecule has 0 bridgehead atoms. The summed E-state index contributed by atoms with van der Waals surface area (Å²) in [6.45, 7) is 1.91. The number of phenolic OH excluding ortho intramolecular Hbond substituents is 2. The summed E-state index contributed by atoms with van der Waals surface area (Å²) in [5.74, 6) is -1.54. The summed E-state index contributed by atoms with van der Waals surface area (Å²) in [6.07, 6.45) is 0. The smallest absolute Gasteiger partial charge is 0.318 e. The maximum atomic E-state index is 12.4. The first-order valence-electron chi connectivity index (χ1n) is 6.57. The minimum Gasteiger partial charge on any atom is -0.508 e. The topological polar surface area (TPSA) is 66.8 Å². The van der Waals surface area contributed by atoms with Crippen molar-refractivity contribution in [1.82, 2.24) is 0 Å². The van der Waals surface area contributed by atoms with E-state index in [1.807, 2.05) is 0 Å². The Balaban J connectivity index is 2.63. The molecule has 2 rings (SSSR count). The molecule has 6 heteroatoms. The van der Waals surface area contributed by atoms with Crippen molar-refractivity contribution in [2.75, 3.05) is 6.61 Å².